The van der Waals surface area contributed by atoms with Gasteiger partial charge in [-0.15, -0.1) is 0 Å². The molecule has 0 aliphatic heterocycles. The molecule has 1 aromatic carbocycles. The largest absolute Gasteiger partial charge is 0.455 e. The molecule has 0 unspecified atom stereocenters. The fourth-order valence-electron chi connectivity index (χ4n) is 1.45. The summed E-state index contributed by atoms with van der Waals surface area (Å²) in [6.45, 7) is 0. The smallest absolute Gasteiger partial charge is 0.427 e. The molecule has 0 saturated carbocycles. The normalized spacial score (nSPS) is 10.8. The molecule has 104 valence electrons. The molecule has 20 heavy (non-hydrogen) atoms. The Bertz CT molecular complexity index is 653. The summed E-state index contributed by atoms with van der Waals surface area (Å²) >= 11 is 12.0. The minimum Gasteiger partial charge on any atom is -0.455 e. The number of methoxy groups -OCH3 is 1. The van der Waals surface area contributed by atoms with Gasteiger partial charge in [-0.1, -0.05) is 23.2 Å². The molecule has 0 aliphatic rings. The number of nitrogens with zero attached hydrogens (tertiary/aromatic N) is 1. The van der Waals surface area contributed by atoms with Crippen molar-refractivity contribution < 1.29 is 13.9 Å². The zero-order valence-corrected chi connectivity index (χ0v) is 11.9. The third-order valence-corrected chi connectivity index (χ3v) is 2.92. The van der Waals surface area contributed by atoms with E-state index < -0.39 is 6.09 Å². The summed E-state index contributed by atoms with van der Waals surface area (Å²) < 4.78 is 9.90. The zero-order valence-electron chi connectivity index (χ0n) is 10.4. The van der Waals surface area contributed by atoms with Crippen LogP contribution in [0.15, 0.2) is 39.9 Å². The number of carbonyl (C=O) groups excluding carboxylic acids is 1. The van der Waals surface area contributed by atoms with Gasteiger partial charge in [0, 0.05) is 10.6 Å². The molecule has 1 amide bonds. The van der Waals surface area contributed by atoms with Gasteiger partial charge >= 0.3 is 6.09 Å². The molecule has 2 rings (SSSR count). The first-order valence-electron chi connectivity index (χ1n) is 5.52. The number of amides is 1. The third-order valence-electron chi connectivity index (χ3n) is 2.35. The van der Waals surface area contributed by atoms with E-state index in [2.05, 4.69) is 15.3 Å². The number of hydrazone groups is 1. The summed E-state index contributed by atoms with van der Waals surface area (Å²) in [7, 11) is 1.25. The van der Waals surface area contributed by atoms with Crippen LogP contribution in [0.5, 0.6) is 0 Å². The lowest BCUT2D eigenvalue weighted by Crippen LogP contribution is -2.16. The van der Waals surface area contributed by atoms with Crippen molar-refractivity contribution in [2.45, 2.75) is 0 Å². The van der Waals surface area contributed by atoms with Gasteiger partial charge in [0.25, 0.3) is 0 Å². The van der Waals surface area contributed by atoms with Crippen LogP contribution in [0.3, 0.4) is 0 Å². The van der Waals surface area contributed by atoms with Gasteiger partial charge in [0.15, 0.2) is 0 Å². The Morgan fingerprint density at radius 1 is 1.35 bits per heavy atom. The number of nitrogens with one attached hydrogen (secondary N) is 1. The highest BCUT2D eigenvalue weighted by molar-refractivity contribution is 6.35. The number of ether oxygens (including phenoxy) is 1. The van der Waals surface area contributed by atoms with Crippen LogP contribution in [-0.4, -0.2) is 19.4 Å². The Morgan fingerprint density at radius 2 is 2.15 bits per heavy atom. The molecule has 0 fully saturated rings. The van der Waals surface area contributed by atoms with Crippen LogP contribution in [0.2, 0.25) is 10.0 Å². The van der Waals surface area contributed by atoms with Gasteiger partial charge in [-0.25, -0.2) is 10.2 Å². The third kappa shape index (κ3) is 3.53. The van der Waals surface area contributed by atoms with Gasteiger partial charge in [0.05, 0.1) is 18.3 Å². The molecule has 0 spiro atoms. The van der Waals surface area contributed by atoms with E-state index in [1.807, 2.05) is 0 Å². The summed E-state index contributed by atoms with van der Waals surface area (Å²) in [5.41, 5.74) is 2.83. The molecule has 1 heterocycles. The van der Waals surface area contributed by atoms with Crippen molar-refractivity contribution in [2.24, 2.45) is 5.10 Å². The van der Waals surface area contributed by atoms with Crippen LogP contribution < -0.4 is 5.43 Å². The second-order valence-corrected chi connectivity index (χ2v) is 4.53. The Morgan fingerprint density at radius 3 is 2.90 bits per heavy atom. The van der Waals surface area contributed by atoms with E-state index in [4.69, 9.17) is 27.6 Å². The van der Waals surface area contributed by atoms with Crippen LogP contribution in [0.1, 0.15) is 5.76 Å². The van der Waals surface area contributed by atoms with Gasteiger partial charge in [-0.3, -0.25) is 0 Å². The van der Waals surface area contributed by atoms with Gasteiger partial charge in [0.1, 0.15) is 11.5 Å². The average Bonchev–Trinajstić information content (AvgIpc) is 2.90. The van der Waals surface area contributed by atoms with Crippen molar-refractivity contribution in [1.29, 1.82) is 0 Å². The quantitative estimate of drug-likeness (QED) is 0.689. The molecule has 0 saturated heterocycles. The highest BCUT2D eigenvalue weighted by atomic mass is 35.5. The summed E-state index contributed by atoms with van der Waals surface area (Å²) in [6, 6.07) is 8.51. The van der Waals surface area contributed by atoms with Gasteiger partial charge in [-0.05, 0) is 30.3 Å². The Balaban J connectivity index is 2.16. The first-order chi connectivity index (χ1) is 9.60. The summed E-state index contributed by atoms with van der Waals surface area (Å²) in [4.78, 5) is 10.8. The van der Waals surface area contributed by atoms with E-state index in [9.17, 15) is 4.79 Å². The van der Waals surface area contributed by atoms with Gasteiger partial charge in [0.2, 0.25) is 0 Å². The Kier molecular flexibility index (Phi) is 4.65. The molecule has 7 heteroatoms. The van der Waals surface area contributed by atoms with Crippen LogP contribution >= 0.6 is 23.2 Å². The number of hydrogen-bond acceptors (Lipinski definition) is 4. The highest BCUT2D eigenvalue weighted by Gasteiger charge is 2.08. The van der Waals surface area contributed by atoms with Gasteiger partial charge < -0.3 is 9.15 Å². The maximum Gasteiger partial charge on any atom is 0.427 e. The molecule has 2 aromatic rings. The number of hydrogen-bond donors (Lipinski definition) is 1. The minimum atomic E-state index is -0.661. The summed E-state index contributed by atoms with van der Waals surface area (Å²) in [5, 5.41) is 4.74. The topological polar surface area (TPSA) is 63.8 Å². The molecule has 0 radical (unpaired) electrons. The van der Waals surface area contributed by atoms with E-state index in [0.29, 0.717) is 27.1 Å². The van der Waals surface area contributed by atoms with E-state index in [-0.39, 0.29) is 0 Å². The Labute approximate surface area is 125 Å². The van der Waals surface area contributed by atoms with E-state index in [1.54, 1.807) is 30.3 Å². The molecular formula is C13H10Cl2N2O3. The van der Waals surface area contributed by atoms with E-state index in [1.165, 1.54) is 13.3 Å². The number of furan rings is 1. The minimum absolute atomic E-state index is 0.451. The molecule has 0 aliphatic carbocycles. The predicted octanol–water partition coefficient (Wildman–Crippen LogP) is 3.94. The van der Waals surface area contributed by atoms with Gasteiger partial charge in [-0.2, -0.15) is 5.10 Å². The van der Waals surface area contributed by atoms with Crippen molar-refractivity contribution in [3.8, 4) is 11.3 Å². The van der Waals surface area contributed by atoms with Crippen molar-refractivity contribution >= 4 is 35.5 Å². The lowest BCUT2D eigenvalue weighted by molar-refractivity contribution is 0.171. The highest BCUT2D eigenvalue weighted by Crippen LogP contribution is 2.31. The standard InChI is InChI=1S/C13H10Cl2N2O3/c1-19-13(18)17-16-7-9-3-5-12(20-9)10-6-8(14)2-4-11(10)15/h2-7H,1H3,(H,17,18). The van der Waals surface area contributed by atoms with Crippen LogP contribution in [0, 0.1) is 0 Å². The van der Waals surface area contributed by atoms with Crippen LogP contribution in [-0.2, 0) is 4.74 Å². The maximum absolute atomic E-state index is 10.8. The SMILES string of the molecule is COC(=O)NN=Cc1ccc(-c2cc(Cl)ccc2Cl)o1. The van der Waals surface area contributed by atoms with Crippen molar-refractivity contribution in [2.75, 3.05) is 7.11 Å². The number of rotatable bonds is 3. The lowest BCUT2D eigenvalue weighted by Gasteiger charge is -2.00. The summed E-state index contributed by atoms with van der Waals surface area (Å²) in [6.07, 6.45) is 0.685. The second-order valence-electron chi connectivity index (χ2n) is 3.69. The fourth-order valence-corrected chi connectivity index (χ4v) is 1.83. The molecule has 1 N–H and O–H groups in total. The Hall–Kier alpha value is -1.98. The number of benzene rings is 1. The molecular weight excluding hydrogens is 303 g/mol. The first-order valence-corrected chi connectivity index (χ1v) is 6.28. The van der Waals surface area contributed by atoms with Crippen molar-refractivity contribution in [1.82, 2.24) is 5.43 Å². The molecule has 0 bridgehead atoms. The summed E-state index contributed by atoms with van der Waals surface area (Å²) in [5.74, 6) is 1.00. The predicted molar refractivity (Wildman–Crippen MR) is 77.3 cm³/mol. The monoisotopic (exact) mass is 312 g/mol. The zero-order chi connectivity index (χ0) is 14.5. The number of carbonyl (C=O) groups is 1. The first kappa shape index (κ1) is 14.4. The maximum atomic E-state index is 10.8. The van der Waals surface area contributed by atoms with E-state index >= 15 is 0 Å². The fraction of sp³-hybridized carbons (Fsp3) is 0.0769. The second kappa shape index (κ2) is 6.45. The lowest BCUT2D eigenvalue weighted by atomic mass is 10.2. The van der Waals surface area contributed by atoms with Crippen molar-refractivity contribution in [3.63, 3.8) is 0 Å². The molecule has 1 aromatic heterocycles. The van der Waals surface area contributed by atoms with Crippen LogP contribution in [0.4, 0.5) is 4.79 Å². The van der Waals surface area contributed by atoms with Crippen molar-refractivity contribution in [3.05, 3.63) is 46.1 Å². The average molecular weight is 313 g/mol. The van der Waals surface area contributed by atoms with Crippen LogP contribution in [0.25, 0.3) is 11.3 Å². The number of halogens is 2. The van der Waals surface area contributed by atoms with E-state index in [0.717, 1.165) is 0 Å². The molecule has 5 nitrogen and oxygen atoms in total. The molecule has 0 atom stereocenters.